The molecule has 0 fully saturated rings. The number of benzene rings is 1. The van der Waals surface area contributed by atoms with Gasteiger partial charge in [0, 0.05) is 18.9 Å². The predicted octanol–water partition coefficient (Wildman–Crippen LogP) is 1.99. The molecule has 1 rings (SSSR count). The first-order valence-electron chi connectivity index (χ1n) is 7.33. The summed E-state index contributed by atoms with van der Waals surface area (Å²) >= 11 is 0. The summed E-state index contributed by atoms with van der Waals surface area (Å²) in [6, 6.07) is 2.46. The van der Waals surface area contributed by atoms with Gasteiger partial charge in [-0.1, -0.05) is 25.8 Å². The number of nitro groups is 1. The monoisotopic (exact) mass is 324 g/mol. The van der Waals surface area contributed by atoms with Crippen molar-refractivity contribution in [1.29, 1.82) is 0 Å². The quantitative estimate of drug-likeness (QED) is 0.362. The van der Waals surface area contributed by atoms with Gasteiger partial charge in [0.05, 0.1) is 4.92 Å². The highest BCUT2D eigenvalue weighted by Crippen LogP contribution is 2.26. The maximum absolute atomic E-state index is 11.7. The average Bonchev–Trinajstić information content (AvgIpc) is 2.48. The molecule has 1 aromatic rings. The molecule has 8 heteroatoms. The predicted molar refractivity (Wildman–Crippen MR) is 82.2 cm³/mol. The van der Waals surface area contributed by atoms with Crippen molar-refractivity contribution in [3.8, 4) is 5.75 Å². The largest absolute Gasteiger partial charge is 0.502 e. The molecule has 1 atom stereocenters. The van der Waals surface area contributed by atoms with E-state index in [-0.39, 0.29) is 18.7 Å². The van der Waals surface area contributed by atoms with Gasteiger partial charge in [-0.15, -0.1) is 0 Å². The summed E-state index contributed by atoms with van der Waals surface area (Å²) in [5, 5.41) is 31.8. The van der Waals surface area contributed by atoms with Gasteiger partial charge < -0.3 is 15.5 Å². The van der Waals surface area contributed by atoms with E-state index in [0.29, 0.717) is 12.0 Å². The summed E-state index contributed by atoms with van der Waals surface area (Å²) in [6.07, 6.45) is 2.66. The molecule has 0 aliphatic rings. The molecule has 0 bridgehead atoms. The topological polar surface area (TPSA) is 130 Å². The number of nitrogens with one attached hydrogen (secondary N) is 1. The van der Waals surface area contributed by atoms with Crippen LogP contribution in [0.15, 0.2) is 18.2 Å². The van der Waals surface area contributed by atoms with Crippen LogP contribution in [0.2, 0.25) is 0 Å². The Kier molecular flexibility index (Phi) is 6.98. The van der Waals surface area contributed by atoms with Crippen molar-refractivity contribution in [3.63, 3.8) is 0 Å². The third-order valence-electron chi connectivity index (χ3n) is 3.32. The normalized spacial score (nSPS) is 11.7. The number of aliphatic carboxylic acids is 1. The zero-order valence-corrected chi connectivity index (χ0v) is 12.8. The van der Waals surface area contributed by atoms with Crippen molar-refractivity contribution >= 4 is 17.6 Å². The van der Waals surface area contributed by atoms with Crippen LogP contribution in [0.3, 0.4) is 0 Å². The van der Waals surface area contributed by atoms with Crippen molar-refractivity contribution in [2.75, 3.05) is 0 Å². The second kappa shape index (κ2) is 8.72. The lowest BCUT2D eigenvalue weighted by Crippen LogP contribution is -2.42. The Balaban J connectivity index is 2.76. The Bertz CT molecular complexity index is 587. The van der Waals surface area contributed by atoms with Gasteiger partial charge in [0.1, 0.15) is 6.04 Å². The molecule has 0 aliphatic heterocycles. The second-order valence-corrected chi connectivity index (χ2v) is 5.20. The molecule has 0 unspecified atom stereocenters. The molecule has 0 aliphatic carbocycles. The molecular weight excluding hydrogens is 304 g/mol. The molecular formula is C15H20N2O6. The van der Waals surface area contributed by atoms with E-state index in [2.05, 4.69) is 5.32 Å². The van der Waals surface area contributed by atoms with E-state index in [1.165, 1.54) is 6.07 Å². The first-order chi connectivity index (χ1) is 10.8. The summed E-state index contributed by atoms with van der Waals surface area (Å²) in [7, 11) is 0. The molecule has 1 aromatic carbocycles. The van der Waals surface area contributed by atoms with Crippen LogP contribution in [0.4, 0.5) is 5.69 Å². The van der Waals surface area contributed by atoms with Crippen LogP contribution < -0.4 is 5.32 Å². The highest BCUT2D eigenvalue weighted by Gasteiger charge is 2.22. The van der Waals surface area contributed by atoms with Crippen LogP contribution in [0.25, 0.3) is 0 Å². The van der Waals surface area contributed by atoms with Gasteiger partial charge in [0.15, 0.2) is 5.75 Å². The van der Waals surface area contributed by atoms with Gasteiger partial charge >= 0.3 is 11.7 Å². The lowest BCUT2D eigenvalue weighted by molar-refractivity contribution is -0.385. The number of carbonyl (C=O) groups excluding carboxylic acids is 1. The number of hydrogen-bond acceptors (Lipinski definition) is 5. The van der Waals surface area contributed by atoms with E-state index in [4.69, 9.17) is 0 Å². The lowest BCUT2D eigenvalue weighted by Gasteiger charge is -2.14. The maximum atomic E-state index is 11.7. The molecule has 126 valence electrons. The molecule has 0 saturated heterocycles. The number of carbonyl (C=O) groups is 2. The smallest absolute Gasteiger partial charge is 0.326 e. The van der Waals surface area contributed by atoms with Crippen molar-refractivity contribution in [3.05, 3.63) is 33.9 Å². The van der Waals surface area contributed by atoms with Gasteiger partial charge in [-0.05, 0) is 18.1 Å². The Hall–Kier alpha value is -2.64. The lowest BCUT2D eigenvalue weighted by atomic mass is 10.0. The van der Waals surface area contributed by atoms with Gasteiger partial charge in [-0.2, -0.15) is 0 Å². The number of hydrogen-bond donors (Lipinski definition) is 3. The van der Waals surface area contributed by atoms with E-state index in [9.17, 15) is 29.9 Å². The van der Waals surface area contributed by atoms with Crippen LogP contribution in [0.1, 0.15) is 38.2 Å². The SMILES string of the molecule is CCCCCC(=O)N[C@@H](Cc1ccc(O)c([N+](=O)[O-])c1)C(=O)O. The molecule has 0 radical (unpaired) electrons. The fourth-order valence-electron chi connectivity index (χ4n) is 2.08. The van der Waals surface area contributed by atoms with Gasteiger partial charge in [0.2, 0.25) is 5.91 Å². The molecule has 3 N–H and O–H groups in total. The van der Waals surface area contributed by atoms with Gasteiger partial charge in [0.25, 0.3) is 0 Å². The molecule has 23 heavy (non-hydrogen) atoms. The average molecular weight is 324 g/mol. The van der Waals surface area contributed by atoms with Crippen molar-refractivity contribution < 1.29 is 24.7 Å². The van der Waals surface area contributed by atoms with E-state index in [1.54, 1.807) is 0 Å². The molecule has 8 nitrogen and oxygen atoms in total. The minimum absolute atomic E-state index is 0.101. The van der Waals surface area contributed by atoms with E-state index < -0.39 is 28.4 Å². The van der Waals surface area contributed by atoms with Crippen LogP contribution >= 0.6 is 0 Å². The summed E-state index contributed by atoms with van der Waals surface area (Å²) in [5.41, 5.74) is -0.156. The summed E-state index contributed by atoms with van der Waals surface area (Å²) in [4.78, 5) is 33.0. The number of carboxylic acid groups (broad SMARTS) is 1. The number of carboxylic acids is 1. The Morgan fingerprint density at radius 2 is 2.04 bits per heavy atom. The van der Waals surface area contributed by atoms with Crippen molar-refractivity contribution in [1.82, 2.24) is 5.32 Å². The van der Waals surface area contributed by atoms with Crippen LogP contribution in [-0.2, 0) is 16.0 Å². The van der Waals surface area contributed by atoms with E-state index >= 15 is 0 Å². The molecule has 1 amide bonds. The van der Waals surface area contributed by atoms with E-state index in [1.807, 2.05) is 6.92 Å². The highest BCUT2D eigenvalue weighted by molar-refractivity contribution is 5.83. The summed E-state index contributed by atoms with van der Waals surface area (Å²) in [5.74, 6) is -2.07. The number of phenols is 1. The minimum atomic E-state index is -1.22. The number of nitrogens with zero attached hydrogens (tertiary/aromatic N) is 1. The molecule has 0 heterocycles. The fraction of sp³-hybridized carbons (Fsp3) is 0.467. The van der Waals surface area contributed by atoms with Crippen molar-refractivity contribution in [2.45, 2.75) is 45.1 Å². The molecule has 0 aromatic heterocycles. The minimum Gasteiger partial charge on any atom is -0.502 e. The Labute approximate surface area is 133 Å². The van der Waals surface area contributed by atoms with Crippen LogP contribution in [0, 0.1) is 10.1 Å². The maximum Gasteiger partial charge on any atom is 0.326 e. The van der Waals surface area contributed by atoms with Crippen LogP contribution in [0.5, 0.6) is 5.75 Å². The molecule has 0 saturated carbocycles. The summed E-state index contributed by atoms with van der Waals surface area (Å²) in [6.45, 7) is 2.00. The standard InChI is InChI=1S/C15H20N2O6/c1-2-3-4-5-14(19)16-11(15(20)21)8-10-6-7-13(18)12(9-10)17(22)23/h6-7,9,11,18H,2-5,8H2,1H3,(H,16,19)(H,20,21)/t11-/m0/s1. The van der Waals surface area contributed by atoms with E-state index in [0.717, 1.165) is 25.0 Å². The second-order valence-electron chi connectivity index (χ2n) is 5.20. The zero-order chi connectivity index (χ0) is 17.4. The third-order valence-corrected chi connectivity index (χ3v) is 3.32. The fourth-order valence-corrected chi connectivity index (χ4v) is 2.08. The number of aromatic hydroxyl groups is 1. The third kappa shape index (κ3) is 5.93. The van der Waals surface area contributed by atoms with Crippen molar-refractivity contribution in [2.24, 2.45) is 0 Å². The summed E-state index contributed by atoms with van der Waals surface area (Å²) < 4.78 is 0. The number of nitro benzene ring substituents is 1. The zero-order valence-electron chi connectivity index (χ0n) is 12.8. The Morgan fingerprint density at radius 3 is 2.61 bits per heavy atom. The number of unbranched alkanes of at least 4 members (excludes halogenated alkanes) is 2. The first-order valence-corrected chi connectivity index (χ1v) is 7.33. The number of amides is 1. The highest BCUT2D eigenvalue weighted by atomic mass is 16.6. The number of phenolic OH excluding ortho intramolecular Hbond substituents is 1. The molecule has 0 spiro atoms. The van der Waals surface area contributed by atoms with Gasteiger partial charge in [-0.25, -0.2) is 4.79 Å². The first kappa shape index (κ1) is 18.4. The number of rotatable bonds is 9. The van der Waals surface area contributed by atoms with Crippen LogP contribution in [-0.4, -0.2) is 33.1 Å². The van der Waals surface area contributed by atoms with Gasteiger partial charge in [-0.3, -0.25) is 14.9 Å². The Morgan fingerprint density at radius 1 is 1.35 bits per heavy atom.